The van der Waals surface area contributed by atoms with Crippen molar-refractivity contribution in [2.45, 2.75) is 30.7 Å². The number of fused-ring (bicyclic) bond motifs is 2. The Bertz CT molecular complexity index is 1490. The zero-order valence-corrected chi connectivity index (χ0v) is 21.6. The van der Waals surface area contributed by atoms with Crippen molar-refractivity contribution in [3.63, 3.8) is 0 Å². The summed E-state index contributed by atoms with van der Waals surface area (Å²) in [5.74, 6) is 0.218. The Balaban J connectivity index is 1.31. The van der Waals surface area contributed by atoms with Crippen LogP contribution in [-0.2, 0) is 19.6 Å². The van der Waals surface area contributed by atoms with Gasteiger partial charge in [0.1, 0.15) is 29.0 Å². The first-order chi connectivity index (χ1) is 17.8. The van der Waals surface area contributed by atoms with E-state index in [2.05, 4.69) is 15.2 Å². The Labute approximate surface area is 215 Å². The molecule has 0 radical (unpaired) electrons. The number of hydrogen-bond acceptors (Lipinski definition) is 7. The number of carbonyl (C=O) groups is 1. The summed E-state index contributed by atoms with van der Waals surface area (Å²) in [7, 11) is -2.65. The summed E-state index contributed by atoms with van der Waals surface area (Å²) in [4.78, 5) is 18.1. The van der Waals surface area contributed by atoms with E-state index in [9.17, 15) is 18.5 Å². The molecule has 2 aromatic carbocycles. The molecule has 194 valence electrons. The lowest BCUT2D eigenvalue weighted by atomic mass is 10.0. The zero-order chi connectivity index (χ0) is 26.2. The van der Waals surface area contributed by atoms with Gasteiger partial charge < -0.3 is 24.7 Å². The number of aryl methyl sites for hydroxylation is 1. The summed E-state index contributed by atoms with van der Waals surface area (Å²) in [5, 5.41) is 12.6. The number of ether oxygens (including phenoxy) is 2. The Hall–Kier alpha value is -3.59. The third-order valence-electron chi connectivity index (χ3n) is 6.79. The number of nitrogens with zero attached hydrogens (tertiary/aromatic N) is 3. The molecular formula is C26H29N5O5S. The molecule has 11 heteroatoms. The van der Waals surface area contributed by atoms with Crippen molar-refractivity contribution in [3.8, 4) is 11.8 Å². The fourth-order valence-electron chi connectivity index (χ4n) is 4.97. The molecule has 2 aliphatic rings. The van der Waals surface area contributed by atoms with Crippen molar-refractivity contribution in [1.29, 1.82) is 5.26 Å². The summed E-state index contributed by atoms with van der Waals surface area (Å²) < 4.78 is 39.1. The van der Waals surface area contributed by atoms with Gasteiger partial charge in [0.2, 0.25) is 15.9 Å². The number of anilines is 2. The lowest BCUT2D eigenvalue weighted by Crippen LogP contribution is -2.44. The largest absolute Gasteiger partial charge is 0.489 e. The number of nitrogens with one attached hydrogen (secondary N) is 2. The predicted molar refractivity (Wildman–Crippen MR) is 139 cm³/mol. The average Bonchev–Trinajstić information content (AvgIpc) is 3.31. The monoisotopic (exact) mass is 523 g/mol. The number of carbonyl (C=O) groups excluding carboxylic acids is 1. The Morgan fingerprint density at radius 1 is 1.22 bits per heavy atom. The second-order valence-corrected chi connectivity index (χ2v) is 11.4. The Morgan fingerprint density at radius 3 is 2.76 bits per heavy atom. The van der Waals surface area contributed by atoms with Crippen LogP contribution in [0.5, 0.6) is 5.75 Å². The van der Waals surface area contributed by atoms with Crippen molar-refractivity contribution in [2.75, 3.05) is 50.2 Å². The van der Waals surface area contributed by atoms with Crippen LogP contribution in [0, 0.1) is 18.3 Å². The van der Waals surface area contributed by atoms with Crippen LogP contribution in [0.15, 0.2) is 41.3 Å². The van der Waals surface area contributed by atoms with Gasteiger partial charge in [-0.25, -0.2) is 8.42 Å². The summed E-state index contributed by atoms with van der Waals surface area (Å²) >= 11 is 0. The average molecular weight is 524 g/mol. The molecular weight excluding hydrogens is 494 g/mol. The van der Waals surface area contributed by atoms with Crippen LogP contribution in [0.2, 0.25) is 0 Å². The van der Waals surface area contributed by atoms with Crippen molar-refractivity contribution in [1.82, 2.24) is 9.29 Å². The number of hydrogen-bond donors (Lipinski definition) is 2. The molecule has 2 aliphatic heterocycles. The van der Waals surface area contributed by atoms with E-state index in [-0.39, 0.29) is 17.1 Å². The van der Waals surface area contributed by atoms with Gasteiger partial charge in [0.15, 0.2) is 0 Å². The molecule has 5 rings (SSSR count). The van der Waals surface area contributed by atoms with Gasteiger partial charge in [-0.15, -0.1) is 0 Å². The lowest BCUT2D eigenvalue weighted by Gasteiger charge is -2.39. The van der Waals surface area contributed by atoms with Crippen LogP contribution in [0.25, 0.3) is 10.9 Å². The highest BCUT2D eigenvalue weighted by atomic mass is 32.2. The highest BCUT2D eigenvalue weighted by Gasteiger charge is 2.29. The molecule has 0 spiro atoms. The predicted octanol–water partition coefficient (Wildman–Crippen LogP) is 2.99. The van der Waals surface area contributed by atoms with Gasteiger partial charge in [0.25, 0.3) is 0 Å². The first-order valence-electron chi connectivity index (χ1n) is 12.2. The number of likely N-dealkylation sites (N-methyl/N-ethyl adjacent to an activating group) is 1. The van der Waals surface area contributed by atoms with Crippen molar-refractivity contribution in [2.24, 2.45) is 0 Å². The number of H-pyrrole nitrogens is 1. The molecule has 0 aliphatic carbocycles. The van der Waals surface area contributed by atoms with Gasteiger partial charge in [0, 0.05) is 43.4 Å². The highest BCUT2D eigenvalue weighted by molar-refractivity contribution is 7.89. The van der Waals surface area contributed by atoms with E-state index in [1.54, 1.807) is 31.2 Å². The summed E-state index contributed by atoms with van der Waals surface area (Å²) in [6.07, 6.45) is 1.93. The summed E-state index contributed by atoms with van der Waals surface area (Å²) in [6, 6.07) is 12.9. The third kappa shape index (κ3) is 5.00. The minimum atomic E-state index is -4.01. The fourth-order valence-corrected chi connectivity index (χ4v) is 6.35. The number of aromatic amines is 1. The summed E-state index contributed by atoms with van der Waals surface area (Å²) in [6.45, 7) is 4.26. The Morgan fingerprint density at radius 2 is 2.00 bits per heavy atom. The first kappa shape index (κ1) is 25.1. The Kier molecular flexibility index (Phi) is 6.81. The minimum absolute atomic E-state index is 0.0229. The molecule has 0 atom stereocenters. The van der Waals surface area contributed by atoms with Gasteiger partial charge in [-0.05, 0) is 55.7 Å². The number of sulfonamides is 1. The number of nitriles is 1. The maximum absolute atomic E-state index is 13.4. The maximum atomic E-state index is 13.4. The topological polar surface area (TPSA) is 128 Å². The molecule has 0 bridgehead atoms. The second-order valence-electron chi connectivity index (χ2n) is 9.40. The SMILES string of the molecule is Cc1cc(S(=O)(=O)N(C)CC(=O)Nc2ccc3c(c2)OCCN3C2CCOCC2)c2[nH]c(C#N)cc2c1. The summed E-state index contributed by atoms with van der Waals surface area (Å²) in [5.41, 5.74) is 2.86. The molecule has 10 nitrogen and oxygen atoms in total. The highest BCUT2D eigenvalue weighted by Crippen LogP contribution is 2.37. The van der Waals surface area contributed by atoms with Gasteiger partial charge in [-0.1, -0.05) is 0 Å². The number of rotatable bonds is 6. The minimum Gasteiger partial charge on any atom is -0.489 e. The number of amides is 1. The molecule has 37 heavy (non-hydrogen) atoms. The van der Waals surface area contributed by atoms with E-state index in [1.807, 2.05) is 12.1 Å². The van der Waals surface area contributed by atoms with E-state index >= 15 is 0 Å². The smallest absolute Gasteiger partial charge is 0.245 e. The maximum Gasteiger partial charge on any atom is 0.245 e. The lowest BCUT2D eigenvalue weighted by molar-refractivity contribution is -0.116. The van der Waals surface area contributed by atoms with E-state index in [0.29, 0.717) is 35.0 Å². The standard InChI is InChI=1S/C26H29N5O5S/c1-17-11-18-13-20(15-27)29-26(18)24(12-17)37(33,34)30(2)16-25(32)28-19-3-4-22-23(14-19)36-10-7-31(22)21-5-8-35-9-6-21/h3-4,11-14,21,29H,5-10,16H2,1-2H3,(H,28,32). The van der Waals surface area contributed by atoms with E-state index in [1.165, 1.54) is 13.1 Å². The van der Waals surface area contributed by atoms with Crippen molar-refractivity contribution in [3.05, 3.63) is 47.7 Å². The zero-order valence-electron chi connectivity index (χ0n) is 20.8. The van der Waals surface area contributed by atoms with E-state index < -0.39 is 15.9 Å². The van der Waals surface area contributed by atoms with Gasteiger partial charge in [-0.2, -0.15) is 9.57 Å². The van der Waals surface area contributed by atoms with Crippen LogP contribution in [0.4, 0.5) is 11.4 Å². The molecule has 1 fully saturated rings. The van der Waals surface area contributed by atoms with E-state index in [0.717, 1.165) is 48.2 Å². The third-order valence-corrected chi connectivity index (χ3v) is 8.61. The van der Waals surface area contributed by atoms with E-state index in [4.69, 9.17) is 9.47 Å². The molecule has 1 amide bonds. The van der Waals surface area contributed by atoms with Crippen LogP contribution >= 0.6 is 0 Å². The molecule has 0 unspecified atom stereocenters. The molecule has 1 aromatic heterocycles. The first-order valence-corrected chi connectivity index (χ1v) is 13.6. The number of benzene rings is 2. The van der Waals surface area contributed by atoms with Crippen LogP contribution < -0.4 is 15.0 Å². The fraction of sp³-hybridized carbons (Fsp3) is 0.385. The van der Waals surface area contributed by atoms with Crippen LogP contribution in [0.3, 0.4) is 0 Å². The van der Waals surface area contributed by atoms with Gasteiger partial charge in [0.05, 0.1) is 24.3 Å². The van der Waals surface area contributed by atoms with Crippen molar-refractivity contribution < 1.29 is 22.7 Å². The van der Waals surface area contributed by atoms with Gasteiger partial charge >= 0.3 is 0 Å². The quantitative estimate of drug-likeness (QED) is 0.508. The van der Waals surface area contributed by atoms with Crippen molar-refractivity contribution >= 4 is 38.2 Å². The molecule has 0 saturated carbocycles. The number of aromatic nitrogens is 1. The molecule has 2 N–H and O–H groups in total. The normalized spacial score (nSPS) is 16.3. The molecule has 3 heterocycles. The van der Waals surface area contributed by atoms with Crippen LogP contribution in [-0.4, -0.2) is 69.6 Å². The second kappa shape index (κ2) is 10.0. The molecule has 1 saturated heterocycles. The molecule has 3 aromatic rings. The van der Waals surface area contributed by atoms with Gasteiger partial charge in [-0.3, -0.25) is 4.79 Å². The van der Waals surface area contributed by atoms with Crippen LogP contribution in [0.1, 0.15) is 24.1 Å².